The number of pyridine rings is 1. The smallest absolute Gasteiger partial charge is 0.435 e. The maximum absolute atomic E-state index is 12.8. The number of anilines is 2. The number of carbonyl (C=O) groups is 2. The molecule has 0 aliphatic rings. The summed E-state index contributed by atoms with van der Waals surface area (Å²) in [6.07, 6.45) is 0.481. The minimum atomic E-state index is -1.12. The Kier molecular flexibility index (Phi) is 11.4. The van der Waals surface area contributed by atoms with Crippen molar-refractivity contribution in [1.29, 1.82) is 0 Å². The van der Waals surface area contributed by atoms with Gasteiger partial charge in [-0.05, 0) is 67.1 Å². The summed E-state index contributed by atoms with van der Waals surface area (Å²) >= 11 is 0. The molecule has 13 nitrogen and oxygen atoms in total. The average molecular weight is 666 g/mol. The molecule has 0 bridgehead atoms. The van der Waals surface area contributed by atoms with Gasteiger partial charge >= 0.3 is 12.1 Å². The summed E-state index contributed by atoms with van der Waals surface area (Å²) in [5, 5.41) is 14.9. The number of rotatable bonds is 14. The molecule has 0 aliphatic heterocycles. The van der Waals surface area contributed by atoms with Crippen molar-refractivity contribution in [2.24, 2.45) is 17.8 Å². The fraction of sp³-hybridized carbons (Fsp3) is 0.250. The van der Waals surface area contributed by atoms with Gasteiger partial charge in [-0.1, -0.05) is 31.2 Å². The molecule has 0 spiro atoms. The van der Waals surface area contributed by atoms with Crippen LogP contribution < -0.4 is 25.4 Å². The van der Waals surface area contributed by atoms with Crippen LogP contribution in [0.25, 0.3) is 11.0 Å². The summed E-state index contributed by atoms with van der Waals surface area (Å²) in [6.45, 7) is 2.75. The lowest BCUT2D eigenvalue weighted by atomic mass is 10.1. The number of aliphatic hydroxyl groups excluding tert-OH is 1. The van der Waals surface area contributed by atoms with Crippen LogP contribution in [0, 0.1) is 0 Å². The third-order valence-corrected chi connectivity index (χ3v) is 7.66. The van der Waals surface area contributed by atoms with Gasteiger partial charge in [0, 0.05) is 36.6 Å². The van der Waals surface area contributed by atoms with E-state index in [4.69, 9.17) is 24.9 Å². The third-order valence-electron chi connectivity index (χ3n) is 7.66. The van der Waals surface area contributed by atoms with Crippen LogP contribution >= 0.6 is 0 Å². The lowest BCUT2D eigenvalue weighted by Crippen LogP contribution is -2.32. The minimum absolute atomic E-state index is 0.0147. The van der Waals surface area contributed by atoms with Crippen LogP contribution in [0.15, 0.2) is 96.1 Å². The van der Waals surface area contributed by atoms with E-state index in [9.17, 15) is 14.7 Å². The third kappa shape index (κ3) is 8.70. The van der Waals surface area contributed by atoms with Crippen molar-refractivity contribution in [2.45, 2.75) is 32.5 Å². The molecule has 1 amide bonds. The molecule has 49 heavy (non-hydrogen) atoms. The molecular weight excluding hydrogens is 626 g/mol. The molecule has 0 aliphatic carbocycles. The van der Waals surface area contributed by atoms with Crippen molar-refractivity contribution in [3.8, 4) is 11.5 Å². The number of benzene rings is 3. The van der Waals surface area contributed by atoms with E-state index in [-0.39, 0.29) is 25.4 Å². The average Bonchev–Trinajstić information content (AvgIpc) is 3.44. The van der Waals surface area contributed by atoms with Gasteiger partial charge in [-0.25, -0.2) is 14.8 Å². The highest BCUT2D eigenvalue weighted by Crippen LogP contribution is 2.29. The van der Waals surface area contributed by atoms with E-state index < -0.39 is 18.3 Å². The number of ether oxygens (including phenoxy) is 3. The Bertz CT molecular complexity index is 1910. The molecule has 5 rings (SSSR count). The minimum Gasteiger partial charge on any atom is -0.493 e. The number of nitrogens with zero attached hydrogens (tertiary/aromatic N) is 5. The summed E-state index contributed by atoms with van der Waals surface area (Å²) in [4.78, 5) is 39.2. The number of aliphatic imine (C=N–C) groups is 1. The zero-order chi connectivity index (χ0) is 34.8. The molecule has 0 saturated heterocycles. The highest BCUT2D eigenvalue weighted by Gasteiger charge is 2.22. The molecule has 2 heterocycles. The van der Waals surface area contributed by atoms with Gasteiger partial charge in [0.25, 0.3) is 0 Å². The zero-order valence-corrected chi connectivity index (χ0v) is 27.6. The molecule has 0 saturated carbocycles. The van der Waals surface area contributed by atoms with Crippen LogP contribution in [0.5, 0.6) is 11.5 Å². The van der Waals surface area contributed by atoms with Gasteiger partial charge in [0.2, 0.25) is 0 Å². The number of amides is 1. The number of methoxy groups -OCH3 is 1. The van der Waals surface area contributed by atoms with Gasteiger partial charge in [0.15, 0.2) is 17.7 Å². The molecular formula is C36H39N7O6. The van der Waals surface area contributed by atoms with Gasteiger partial charge in [-0.3, -0.25) is 4.79 Å². The molecule has 13 heteroatoms. The van der Waals surface area contributed by atoms with E-state index in [1.807, 2.05) is 54.9 Å². The molecule has 1 unspecified atom stereocenters. The van der Waals surface area contributed by atoms with E-state index in [0.717, 1.165) is 17.0 Å². The Morgan fingerprint density at radius 1 is 1.04 bits per heavy atom. The second-order valence-corrected chi connectivity index (χ2v) is 11.0. The van der Waals surface area contributed by atoms with E-state index >= 15 is 0 Å². The SMILES string of the molecule is CCCOC(=O)/N=C(\N)c1ccc(NCc2nc3cc(C(O)N(CCC(=O)Oc4ccccc4OC)c4ccccn4)ccc3n2C)cc1. The van der Waals surface area contributed by atoms with Crippen molar-refractivity contribution in [1.82, 2.24) is 14.5 Å². The molecule has 0 fully saturated rings. The standard InChI is InChI=1S/C36H39N7O6/c1-4-21-48-36(46)41-34(37)24-12-15-26(16-13-24)39-23-32-40-27-22-25(14-17-28(27)42(32)2)35(45)43(31-11-7-8-19-38-31)20-18-33(44)49-30-10-6-5-9-29(30)47-3/h5-17,19,22,35,39,45H,4,18,20-21,23H2,1-3H3,(H2,37,41,46). The van der Waals surface area contributed by atoms with Crippen molar-refractivity contribution >= 4 is 40.4 Å². The predicted molar refractivity (Wildman–Crippen MR) is 187 cm³/mol. The number of aliphatic hydroxyl groups is 1. The summed E-state index contributed by atoms with van der Waals surface area (Å²) in [6, 6.07) is 25.1. The number of aryl methyl sites for hydroxylation is 1. The van der Waals surface area contributed by atoms with Crippen molar-refractivity contribution in [3.63, 3.8) is 0 Å². The van der Waals surface area contributed by atoms with Crippen LogP contribution in [0.3, 0.4) is 0 Å². The summed E-state index contributed by atoms with van der Waals surface area (Å²) in [7, 11) is 3.43. The first-order chi connectivity index (χ1) is 23.8. The van der Waals surface area contributed by atoms with Crippen LogP contribution in [-0.4, -0.2) is 57.8 Å². The number of fused-ring (bicyclic) bond motifs is 1. The summed E-state index contributed by atoms with van der Waals surface area (Å²) in [5.74, 6) is 1.65. The molecule has 5 aromatic rings. The van der Waals surface area contributed by atoms with Gasteiger partial charge in [0.05, 0.1) is 37.7 Å². The number of nitrogens with two attached hydrogens (primary N) is 1. The number of nitrogens with one attached hydrogen (secondary N) is 1. The molecule has 3 aromatic carbocycles. The Hall–Kier alpha value is -5.95. The number of imidazole rings is 1. The van der Waals surface area contributed by atoms with Crippen LogP contribution in [-0.2, 0) is 23.1 Å². The van der Waals surface area contributed by atoms with Crippen LogP contribution in [0.2, 0.25) is 0 Å². The first-order valence-corrected chi connectivity index (χ1v) is 15.8. The Morgan fingerprint density at radius 3 is 2.51 bits per heavy atom. The maximum Gasteiger partial charge on any atom is 0.435 e. The molecule has 0 radical (unpaired) electrons. The second kappa shape index (κ2) is 16.2. The zero-order valence-electron chi connectivity index (χ0n) is 27.6. The summed E-state index contributed by atoms with van der Waals surface area (Å²) in [5.41, 5.74) is 9.55. The van der Waals surface area contributed by atoms with Crippen LogP contribution in [0.4, 0.5) is 16.3 Å². The topological polar surface area (TPSA) is 166 Å². The highest BCUT2D eigenvalue weighted by atomic mass is 16.6. The molecule has 1 atom stereocenters. The fourth-order valence-corrected chi connectivity index (χ4v) is 5.06. The lowest BCUT2D eigenvalue weighted by Gasteiger charge is -2.29. The maximum atomic E-state index is 12.8. The lowest BCUT2D eigenvalue weighted by molar-refractivity contribution is -0.134. The van der Waals surface area contributed by atoms with Gasteiger partial charge < -0.3 is 39.8 Å². The fourth-order valence-electron chi connectivity index (χ4n) is 5.06. The van der Waals surface area contributed by atoms with E-state index in [0.29, 0.717) is 46.9 Å². The Morgan fingerprint density at radius 2 is 1.80 bits per heavy atom. The quantitative estimate of drug-likeness (QED) is 0.0461. The van der Waals surface area contributed by atoms with Crippen molar-refractivity contribution in [3.05, 3.63) is 108 Å². The molecule has 4 N–H and O–H groups in total. The highest BCUT2D eigenvalue weighted by molar-refractivity contribution is 6.02. The monoisotopic (exact) mass is 665 g/mol. The summed E-state index contributed by atoms with van der Waals surface area (Å²) < 4.78 is 17.8. The van der Waals surface area contributed by atoms with Crippen molar-refractivity contribution < 1.29 is 28.9 Å². The first kappa shape index (κ1) is 34.4. The number of aromatic nitrogens is 3. The number of esters is 1. The number of hydrogen-bond donors (Lipinski definition) is 3. The second-order valence-electron chi connectivity index (χ2n) is 11.0. The van der Waals surface area contributed by atoms with Gasteiger partial charge in [-0.15, -0.1) is 0 Å². The van der Waals surface area contributed by atoms with E-state index in [2.05, 4.69) is 15.3 Å². The number of hydrogen-bond acceptors (Lipinski definition) is 10. The molecule has 254 valence electrons. The van der Waals surface area contributed by atoms with E-state index in [1.165, 1.54) is 7.11 Å². The van der Waals surface area contributed by atoms with Gasteiger partial charge in [-0.2, -0.15) is 4.99 Å². The Balaban J connectivity index is 1.27. The number of amidine groups is 1. The predicted octanol–water partition coefficient (Wildman–Crippen LogP) is 5.33. The number of carbonyl (C=O) groups excluding carboxylic acids is 2. The van der Waals surface area contributed by atoms with Crippen molar-refractivity contribution in [2.75, 3.05) is 30.5 Å². The molecule has 2 aromatic heterocycles. The number of para-hydroxylation sites is 2. The normalized spacial score (nSPS) is 12.0. The van der Waals surface area contributed by atoms with Crippen LogP contribution in [0.1, 0.15) is 42.9 Å². The van der Waals surface area contributed by atoms with E-state index in [1.54, 1.807) is 59.6 Å². The Labute approximate surface area is 284 Å². The largest absolute Gasteiger partial charge is 0.493 e. The van der Waals surface area contributed by atoms with Gasteiger partial charge in [0.1, 0.15) is 17.5 Å². The first-order valence-electron chi connectivity index (χ1n) is 15.8.